The summed E-state index contributed by atoms with van der Waals surface area (Å²) in [7, 11) is 0. The highest BCUT2D eigenvalue weighted by Gasteiger charge is 2.15. The molecule has 0 saturated carbocycles. The van der Waals surface area contributed by atoms with Gasteiger partial charge >= 0.3 is 6.03 Å². The number of carbonyl (C=O) groups excluding carboxylic acids is 1. The van der Waals surface area contributed by atoms with Crippen molar-refractivity contribution in [1.82, 2.24) is 10.6 Å². The van der Waals surface area contributed by atoms with Gasteiger partial charge in [0.2, 0.25) is 0 Å². The smallest absolute Gasteiger partial charge is 0.315 e. The van der Waals surface area contributed by atoms with Crippen molar-refractivity contribution in [1.29, 1.82) is 0 Å². The predicted molar refractivity (Wildman–Crippen MR) is 81.2 cm³/mol. The number of rotatable bonds is 4. The van der Waals surface area contributed by atoms with E-state index in [1.165, 1.54) is 12.1 Å². The molecule has 24 heavy (non-hydrogen) atoms. The summed E-state index contributed by atoms with van der Waals surface area (Å²) in [6.45, 7) is 3.21. The third-order valence-corrected chi connectivity index (χ3v) is 3.58. The highest BCUT2D eigenvalue weighted by atomic mass is 19.2. The van der Waals surface area contributed by atoms with Gasteiger partial charge in [-0.05, 0) is 49.2 Å². The van der Waals surface area contributed by atoms with Crippen molar-refractivity contribution in [3.63, 3.8) is 0 Å². The van der Waals surface area contributed by atoms with Crippen LogP contribution in [0.1, 0.15) is 37.1 Å². The third-order valence-electron chi connectivity index (χ3n) is 3.58. The van der Waals surface area contributed by atoms with Crippen molar-refractivity contribution in [3.8, 4) is 0 Å². The molecule has 0 aliphatic rings. The Morgan fingerprint density at radius 3 is 1.46 bits per heavy atom. The minimum atomic E-state index is -1.00. The third kappa shape index (κ3) is 4.24. The molecule has 2 atom stereocenters. The first-order chi connectivity index (χ1) is 11.3. The van der Waals surface area contributed by atoms with Crippen molar-refractivity contribution >= 4 is 6.03 Å². The van der Waals surface area contributed by atoms with Crippen molar-refractivity contribution in [2.45, 2.75) is 25.9 Å². The van der Waals surface area contributed by atoms with Gasteiger partial charge in [-0.25, -0.2) is 22.4 Å². The Bertz CT molecular complexity index is 690. The van der Waals surface area contributed by atoms with Crippen LogP contribution < -0.4 is 10.6 Å². The van der Waals surface area contributed by atoms with Gasteiger partial charge in [0.15, 0.2) is 23.3 Å². The Labute approximate surface area is 136 Å². The molecular weight excluding hydrogens is 324 g/mol. The van der Waals surface area contributed by atoms with E-state index in [9.17, 15) is 22.4 Å². The molecule has 0 radical (unpaired) electrons. The molecule has 0 saturated heterocycles. The van der Waals surface area contributed by atoms with Crippen LogP contribution >= 0.6 is 0 Å². The molecule has 2 N–H and O–H groups in total. The average molecular weight is 340 g/mol. The number of halogens is 4. The number of hydrogen-bond acceptors (Lipinski definition) is 1. The van der Waals surface area contributed by atoms with Crippen LogP contribution in [0.3, 0.4) is 0 Å². The number of nitrogens with one attached hydrogen (secondary N) is 2. The molecule has 2 amide bonds. The Kier molecular flexibility index (Phi) is 5.43. The summed E-state index contributed by atoms with van der Waals surface area (Å²) in [5.41, 5.74) is 0.786. The standard InChI is InChI=1S/C17H16F4N2O/c1-9(11-3-5-13(18)15(20)7-11)22-17(24)23-10(2)12-4-6-14(19)16(21)8-12/h3-10H,1-2H3,(H2,22,23,24). The monoisotopic (exact) mass is 340 g/mol. The topological polar surface area (TPSA) is 41.1 Å². The van der Waals surface area contributed by atoms with Gasteiger partial charge in [-0.15, -0.1) is 0 Å². The van der Waals surface area contributed by atoms with Gasteiger partial charge in [0.05, 0.1) is 12.1 Å². The Morgan fingerprint density at radius 1 is 0.750 bits per heavy atom. The maximum atomic E-state index is 13.2. The molecule has 0 fully saturated rings. The van der Waals surface area contributed by atoms with Crippen LogP contribution in [0.4, 0.5) is 22.4 Å². The first-order valence-corrected chi connectivity index (χ1v) is 7.25. The van der Waals surface area contributed by atoms with Crippen molar-refractivity contribution in [2.75, 3.05) is 0 Å². The highest BCUT2D eigenvalue weighted by Crippen LogP contribution is 2.18. The average Bonchev–Trinajstić information content (AvgIpc) is 2.52. The molecule has 7 heteroatoms. The van der Waals surface area contributed by atoms with E-state index >= 15 is 0 Å². The van der Waals surface area contributed by atoms with Gasteiger partial charge in [-0.1, -0.05) is 12.1 Å². The summed E-state index contributed by atoms with van der Waals surface area (Å²) in [6, 6.07) is 4.96. The second-order valence-electron chi connectivity index (χ2n) is 5.41. The van der Waals surface area contributed by atoms with Crippen LogP contribution in [0.15, 0.2) is 36.4 Å². The highest BCUT2D eigenvalue weighted by molar-refractivity contribution is 5.74. The van der Waals surface area contributed by atoms with E-state index in [1.54, 1.807) is 13.8 Å². The summed E-state index contributed by atoms with van der Waals surface area (Å²) >= 11 is 0. The maximum absolute atomic E-state index is 13.2. The molecule has 0 bridgehead atoms. The van der Waals surface area contributed by atoms with Crippen LogP contribution in [0.25, 0.3) is 0 Å². The molecule has 0 spiro atoms. The zero-order valence-corrected chi connectivity index (χ0v) is 13.0. The molecule has 2 unspecified atom stereocenters. The minimum absolute atomic E-state index is 0.393. The first kappa shape index (κ1) is 17.8. The molecule has 128 valence electrons. The van der Waals surface area contributed by atoms with E-state index < -0.39 is 41.4 Å². The Hall–Kier alpha value is -2.57. The molecule has 2 rings (SSSR count). The Morgan fingerprint density at radius 2 is 1.12 bits per heavy atom. The van der Waals surface area contributed by atoms with Crippen molar-refractivity contribution in [3.05, 3.63) is 70.8 Å². The fourth-order valence-corrected chi connectivity index (χ4v) is 2.17. The first-order valence-electron chi connectivity index (χ1n) is 7.25. The fraction of sp³-hybridized carbons (Fsp3) is 0.235. The fourth-order valence-electron chi connectivity index (χ4n) is 2.17. The molecule has 0 aliphatic heterocycles. The van der Waals surface area contributed by atoms with E-state index in [1.807, 2.05) is 0 Å². The number of carbonyl (C=O) groups is 1. The quantitative estimate of drug-likeness (QED) is 0.798. The summed E-state index contributed by atoms with van der Waals surface area (Å²) in [6.07, 6.45) is 0. The molecular formula is C17H16F4N2O. The van der Waals surface area contributed by atoms with Gasteiger partial charge in [0.1, 0.15) is 0 Å². The van der Waals surface area contributed by atoms with Crippen LogP contribution in [0, 0.1) is 23.3 Å². The van der Waals surface area contributed by atoms with Gasteiger partial charge < -0.3 is 10.6 Å². The van der Waals surface area contributed by atoms with E-state index in [0.29, 0.717) is 11.1 Å². The second kappa shape index (κ2) is 7.33. The summed E-state index contributed by atoms with van der Waals surface area (Å²) in [5, 5.41) is 5.13. The number of hydrogen-bond donors (Lipinski definition) is 2. The van der Waals surface area contributed by atoms with E-state index in [2.05, 4.69) is 10.6 Å². The summed E-state index contributed by atoms with van der Waals surface area (Å²) in [5.74, 6) is -3.95. The normalized spacial score (nSPS) is 13.2. The summed E-state index contributed by atoms with van der Waals surface area (Å²) in [4.78, 5) is 12.0. The molecule has 0 aliphatic carbocycles. The lowest BCUT2D eigenvalue weighted by Crippen LogP contribution is -2.38. The van der Waals surface area contributed by atoms with Crippen LogP contribution in [-0.2, 0) is 0 Å². The Balaban J connectivity index is 1.98. The predicted octanol–water partition coefficient (Wildman–Crippen LogP) is 4.36. The van der Waals surface area contributed by atoms with Crippen LogP contribution in [0.2, 0.25) is 0 Å². The van der Waals surface area contributed by atoms with Gasteiger partial charge in [-0.2, -0.15) is 0 Å². The zero-order chi connectivity index (χ0) is 17.9. The van der Waals surface area contributed by atoms with Crippen molar-refractivity contribution < 1.29 is 22.4 Å². The number of benzene rings is 2. The van der Waals surface area contributed by atoms with E-state index in [-0.39, 0.29) is 0 Å². The van der Waals surface area contributed by atoms with Crippen LogP contribution in [-0.4, -0.2) is 6.03 Å². The molecule has 2 aromatic rings. The lowest BCUT2D eigenvalue weighted by Gasteiger charge is -2.19. The minimum Gasteiger partial charge on any atom is -0.332 e. The lowest BCUT2D eigenvalue weighted by atomic mass is 10.1. The number of amides is 2. The van der Waals surface area contributed by atoms with E-state index in [4.69, 9.17) is 0 Å². The maximum Gasteiger partial charge on any atom is 0.315 e. The van der Waals surface area contributed by atoms with E-state index in [0.717, 1.165) is 24.3 Å². The second-order valence-corrected chi connectivity index (χ2v) is 5.41. The summed E-state index contributed by atoms with van der Waals surface area (Å²) < 4.78 is 52.2. The zero-order valence-electron chi connectivity index (χ0n) is 13.0. The van der Waals surface area contributed by atoms with Gasteiger partial charge in [-0.3, -0.25) is 0 Å². The molecule has 3 nitrogen and oxygen atoms in total. The largest absolute Gasteiger partial charge is 0.332 e. The molecule has 0 aromatic heterocycles. The van der Waals surface area contributed by atoms with Crippen LogP contribution in [0.5, 0.6) is 0 Å². The van der Waals surface area contributed by atoms with Gasteiger partial charge in [0.25, 0.3) is 0 Å². The van der Waals surface area contributed by atoms with Crippen molar-refractivity contribution in [2.24, 2.45) is 0 Å². The molecule has 0 heterocycles. The SMILES string of the molecule is CC(NC(=O)NC(C)c1ccc(F)c(F)c1)c1ccc(F)c(F)c1. The lowest BCUT2D eigenvalue weighted by molar-refractivity contribution is 0.235. The molecule has 2 aromatic carbocycles. The van der Waals surface area contributed by atoms with Gasteiger partial charge in [0, 0.05) is 0 Å². The number of urea groups is 1.